The summed E-state index contributed by atoms with van der Waals surface area (Å²) in [5.74, 6) is 0.206. The molecule has 1 fully saturated rings. The minimum Gasteiger partial charge on any atom is -0.446 e. The number of hydrogen-bond donors (Lipinski definition) is 2. The third-order valence-electron chi connectivity index (χ3n) is 8.59. The lowest BCUT2D eigenvalue weighted by atomic mass is 9.90. The van der Waals surface area contributed by atoms with Gasteiger partial charge in [0.15, 0.2) is 0 Å². The largest absolute Gasteiger partial charge is 0.446 e. The van der Waals surface area contributed by atoms with Gasteiger partial charge in [0, 0.05) is 37.7 Å². The van der Waals surface area contributed by atoms with Crippen LogP contribution in [0, 0.1) is 0 Å². The van der Waals surface area contributed by atoms with Gasteiger partial charge < -0.3 is 20.5 Å². The van der Waals surface area contributed by atoms with Crippen molar-refractivity contribution in [2.75, 3.05) is 13.1 Å². The summed E-state index contributed by atoms with van der Waals surface area (Å²) >= 11 is 1.46. The Labute approximate surface area is 247 Å². The Morgan fingerprint density at radius 3 is 2.62 bits per heavy atom. The zero-order chi connectivity index (χ0) is 29.4. The van der Waals surface area contributed by atoms with Gasteiger partial charge in [-0.15, -0.1) is 11.3 Å². The van der Waals surface area contributed by atoms with E-state index in [1.807, 2.05) is 52.7 Å². The third kappa shape index (κ3) is 5.69. The van der Waals surface area contributed by atoms with E-state index in [1.54, 1.807) is 0 Å². The van der Waals surface area contributed by atoms with Crippen molar-refractivity contribution >= 4 is 34.2 Å². The minimum absolute atomic E-state index is 0.0851. The number of rotatable bonds is 7. The van der Waals surface area contributed by atoms with Gasteiger partial charge in [-0.05, 0) is 47.1 Å². The summed E-state index contributed by atoms with van der Waals surface area (Å²) in [6.07, 6.45) is 2.94. The molecule has 0 spiro atoms. The average Bonchev–Trinajstić information content (AvgIpc) is 3.58. The average molecular weight is 587 g/mol. The molecule has 2 unspecified atom stereocenters. The van der Waals surface area contributed by atoms with Crippen molar-refractivity contribution in [3.63, 3.8) is 0 Å². The highest BCUT2D eigenvalue weighted by Gasteiger charge is 2.35. The monoisotopic (exact) mass is 586 g/mol. The number of primary amides is 1. The second-order valence-electron chi connectivity index (χ2n) is 11.6. The molecule has 3 N–H and O–H groups in total. The molecule has 218 valence electrons. The van der Waals surface area contributed by atoms with Gasteiger partial charge in [-0.2, -0.15) is 0 Å². The Morgan fingerprint density at radius 1 is 1.14 bits per heavy atom. The molecule has 2 aromatic heterocycles. The highest BCUT2D eigenvalue weighted by Crippen LogP contribution is 2.36. The Morgan fingerprint density at radius 2 is 1.88 bits per heavy atom. The Balaban J connectivity index is 1.12. The summed E-state index contributed by atoms with van der Waals surface area (Å²) in [7, 11) is 0. The summed E-state index contributed by atoms with van der Waals surface area (Å²) in [4.78, 5) is 44.9. The Hall–Kier alpha value is -4.02. The van der Waals surface area contributed by atoms with Crippen LogP contribution < -0.4 is 11.3 Å². The topological polar surface area (TPSA) is 128 Å². The van der Waals surface area contributed by atoms with Crippen LogP contribution in [0.15, 0.2) is 65.0 Å². The third-order valence-corrected chi connectivity index (χ3v) is 9.61. The van der Waals surface area contributed by atoms with Gasteiger partial charge in [0.2, 0.25) is 5.91 Å². The smallest absolute Gasteiger partial charge is 0.404 e. The van der Waals surface area contributed by atoms with Gasteiger partial charge in [0.25, 0.3) is 5.56 Å². The predicted molar refractivity (Wildman–Crippen MR) is 161 cm³/mol. The van der Waals surface area contributed by atoms with Crippen LogP contribution in [0.3, 0.4) is 0 Å². The van der Waals surface area contributed by atoms with E-state index in [0.717, 1.165) is 27.1 Å². The first-order valence-corrected chi connectivity index (χ1v) is 15.2. The quantitative estimate of drug-likeness (QED) is 0.334. The predicted octanol–water partition coefficient (Wildman–Crippen LogP) is 4.23. The lowest BCUT2D eigenvalue weighted by Gasteiger charge is -2.38. The number of ether oxygens (including phenoxy) is 1. The molecule has 2 atom stereocenters. The molecule has 0 bridgehead atoms. The summed E-state index contributed by atoms with van der Waals surface area (Å²) < 4.78 is 6.68. The molecule has 4 aromatic rings. The number of thiophene rings is 1. The molecule has 6 rings (SSSR count). The molecule has 3 heterocycles. The number of carbonyl (C=O) groups is 2. The van der Waals surface area contributed by atoms with Gasteiger partial charge in [0.05, 0.1) is 34.3 Å². The first-order chi connectivity index (χ1) is 20.2. The van der Waals surface area contributed by atoms with Crippen molar-refractivity contribution in [1.82, 2.24) is 14.5 Å². The van der Waals surface area contributed by atoms with Gasteiger partial charge in [-0.3, -0.25) is 14.2 Å². The maximum Gasteiger partial charge on any atom is 0.404 e. The summed E-state index contributed by atoms with van der Waals surface area (Å²) in [6, 6.07) is 16.1. The SMILES string of the molecule is CC(CC(=O)N1CCC(O)(Cn2cnc3c(-c4ccc5c(c4)CC(OC(N)=O)C5)scc3c2=O)CC1)c1ccccc1. The van der Waals surface area contributed by atoms with E-state index in [4.69, 9.17) is 10.5 Å². The number of carbonyl (C=O) groups excluding carboxylic acids is 2. The van der Waals surface area contributed by atoms with E-state index in [-0.39, 0.29) is 30.0 Å². The number of hydrogen-bond acceptors (Lipinski definition) is 7. The molecule has 1 aliphatic heterocycles. The molecule has 1 aliphatic carbocycles. The first kappa shape index (κ1) is 28.1. The number of likely N-dealkylation sites (tertiary alicyclic amines) is 1. The van der Waals surface area contributed by atoms with Crippen LogP contribution in [-0.2, 0) is 28.9 Å². The van der Waals surface area contributed by atoms with Crippen molar-refractivity contribution in [2.24, 2.45) is 5.73 Å². The highest BCUT2D eigenvalue weighted by molar-refractivity contribution is 7.15. The second-order valence-corrected chi connectivity index (χ2v) is 12.5. The van der Waals surface area contributed by atoms with Gasteiger partial charge in [0.1, 0.15) is 6.10 Å². The maximum atomic E-state index is 13.4. The molecule has 0 radical (unpaired) electrons. The number of amides is 2. The lowest BCUT2D eigenvalue weighted by molar-refractivity contribution is -0.136. The molecule has 10 heteroatoms. The van der Waals surface area contributed by atoms with Crippen LogP contribution in [0.4, 0.5) is 4.79 Å². The standard InChI is InChI=1S/C32H34N4O5S/c1-20(21-5-3-2-4-6-21)13-27(37)35-11-9-32(40,10-12-35)18-36-19-34-28-26(30(36)38)17-42-29(28)23-8-7-22-15-25(41-31(33)39)16-24(22)14-23/h2-8,14,17,19-20,25,40H,9-13,15-16,18H2,1H3,(H2,33,39). The van der Waals surface area contributed by atoms with Gasteiger partial charge >= 0.3 is 6.09 Å². The van der Waals surface area contributed by atoms with E-state index in [1.165, 1.54) is 22.2 Å². The molecular formula is C32H34N4O5S. The highest BCUT2D eigenvalue weighted by atomic mass is 32.1. The number of fused-ring (bicyclic) bond motifs is 2. The molecule has 42 heavy (non-hydrogen) atoms. The fourth-order valence-electron chi connectivity index (χ4n) is 6.19. The van der Waals surface area contributed by atoms with E-state index in [9.17, 15) is 19.5 Å². The zero-order valence-corrected chi connectivity index (χ0v) is 24.3. The van der Waals surface area contributed by atoms with Crippen molar-refractivity contribution in [3.05, 3.63) is 87.3 Å². The van der Waals surface area contributed by atoms with E-state index >= 15 is 0 Å². The van der Waals surface area contributed by atoms with Crippen LogP contribution in [0.25, 0.3) is 21.3 Å². The Bertz CT molecular complexity index is 1690. The zero-order valence-electron chi connectivity index (χ0n) is 23.5. The van der Waals surface area contributed by atoms with E-state index in [0.29, 0.717) is 56.1 Å². The van der Waals surface area contributed by atoms with Gasteiger partial charge in [-0.1, -0.05) is 49.4 Å². The molecule has 9 nitrogen and oxygen atoms in total. The first-order valence-electron chi connectivity index (χ1n) is 14.3. The summed E-state index contributed by atoms with van der Waals surface area (Å²) in [5, 5.41) is 13.7. The van der Waals surface area contributed by atoms with Crippen molar-refractivity contribution in [1.29, 1.82) is 0 Å². The van der Waals surface area contributed by atoms with Gasteiger partial charge in [-0.25, -0.2) is 9.78 Å². The molecular weight excluding hydrogens is 552 g/mol. The Kier molecular flexibility index (Phi) is 7.59. The number of aromatic nitrogens is 2. The van der Waals surface area contributed by atoms with Crippen molar-refractivity contribution in [2.45, 2.75) is 63.2 Å². The fraction of sp³-hybridized carbons (Fsp3) is 0.375. The van der Waals surface area contributed by atoms with Crippen LogP contribution >= 0.6 is 11.3 Å². The normalized spacial score (nSPS) is 18.5. The molecule has 1 saturated heterocycles. The number of piperidine rings is 1. The number of aliphatic hydroxyl groups is 1. The number of benzene rings is 2. The summed E-state index contributed by atoms with van der Waals surface area (Å²) in [6.45, 7) is 3.09. The molecule has 2 aliphatic rings. The minimum atomic E-state index is -1.09. The van der Waals surface area contributed by atoms with Crippen LogP contribution in [0.2, 0.25) is 0 Å². The maximum absolute atomic E-state index is 13.4. The van der Waals surface area contributed by atoms with Crippen LogP contribution in [0.5, 0.6) is 0 Å². The summed E-state index contributed by atoms with van der Waals surface area (Å²) in [5.41, 5.74) is 8.84. The number of nitrogens with two attached hydrogens (primary N) is 1. The van der Waals surface area contributed by atoms with Crippen LogP contribution in [-0.4, -0.2) is 56.4 Å². The van der Waals surface area contributed by atoms with Crippen LogP contribution in [0.1, 0.15) is 48.8 Å². The molecule has 2 amide bonds. The lowest BCUT2D eigenvalue weighted by Crippen LogP contribution is -2.49. The van der Waals surface area contributed by atoms with E-state index in [2.05, 4.69) is 18.0 Å². The second kappa shape index (κ2) is 11.3. The molecule has 2 aromatic carbocycles. The van der Waals surface area contributed by atoms with Crippen molar-refractivity contribution < 1.29 is 19.4 Å². The number of nitrogens with zero attached hydrogens (tertiary/aromatic N) is 3. The molecule has 0 saturated carbocycles. The van der Waals surface area contributed by atoms with E-state index < -0.39 is 11.7 Å². The fourth-order valence-corrected chi connectivity index (χ4v) is 7.17. The van der Waals surface area contributed by atoms with Crippen molar-refractivity contribution in [3.8, 4) is 10.4 Å².